The third kappa shape index (κ3) is 6.37. The van der Waals surface area contributed by atoms with E-state index in [1.165, 1.54) is 30.9 Å². The molecular formula is C28H35F3N2O2. The number of carbonyl (C=O) groups is 1. The molecule has 4 rings (SSSR count). The zero-order chi connectivity index (χ0) is 25.0. The molecule has 0 unspecified atom stereocenters. The molecule has 2 aliphatic heterocycles. The molecule has 190 valence electrons. The quantitative estimate of drug-likeness (QED) is 0.376. The van der Waals surface area contributed by atoms with Crippen molar-refractivity contribution in [2.45, 2.75) is 82.8 Å². The van der Waals surface area contributed by atoms with E-state index in [1.807, 2.05) is 29.2 Å². The summed E-state index contributed by atoms with van der Waals surface area (Å²) in [6.45, 7) is 4.13. The van der Waals surface area contributed by atoms with Gasteiger partial charge in [0.25, 0.3) is 5.91 Å². The van der Waals surface area contributed by atoms with Crippen LogP contribution in [0, 0.1) is 0 Å². The number of ether oxygens (including phenoxy) is 1. The maximum Gasteiger partial charge on any atom is 0.416 e. The molecular weight excluding hydrogens is 453 g/mol. The Morgan fingerprint density at radius 3 is 2.37 bits per heavy atom. The second-order valence-corrected chi connectivity index (χ2v) is 9.98. The van der Waals surface area contributed by atoms with Crippen molar-refractivity contribution in [2.24, 2.45) is 0 Å². The van der Waals surface area contributed by atoms with Gasteiger partial charge in [-0.2, -0.15) is 13.2 Å². The monoisotopic (exact) mass is 488 g/mol. The van der Waals surface area contributed by atoms with Crippen LogP contribution in [0.25, 0.3) is 0 Å². The number of carbonyl (C=O) groups excluding carboxylic acids is 1. The van der Waals surface area contributed by atoms with Gasteiger partial charge < -0.3 is 14.5 Å². The van der Waals surface area contributed by atoms with Crippen molar-refractivity contribution in [3.63, 3.8) is 0 Å². The summed E-state index contributed by atoms with van der Waals surface area (Å²) in [5.41, 5.74) is 1.18. The van der Waals surface area contributed by atoms with Crippen LogP contribution >= 0.6 is 0 Å². The van der Waals surface area contributed by atoms with Crippen LogP contribution in [0.1, 0.15) is 73.4 Å². The number of halogens is 3. The molecule has 4 nitrogen and oxygen atoms in total. The highest BCUT2D eigenvalue weighted by molar-refractivity contribution is 5.95. The summed E-state index contributed by atoms with van der Waals surface area (Å²) in [5.74, 6) is 0.275. The average molecular weight is 489 g/mol. The van der Waals surface area contributed by atoms with Crippen molar-refractivity contribution in [1.29, 1.82) is 0 Å². The van der Waals surface area contributed by atoms with Crippen molar-refractivity contribution >= 4 is 5.91 Å². The summed E-state index contributed by atoms with van der Waals surface area (Å²) in [6, 6.07) is 13.1. The molecule has 2 bridgehead atoms. The van der Waals surface area contributed by atoms with E-state index in [9.17, 15) is 18.0 Å². The molecule has 35 heavy (non-hydrogen) atoms. The van der Waals surface area contributed by atoms with Crippen molar-refractivity contribution < 1.29 is 22.7 Å². The molecule has 2 fully saturated rings. The first-order chi connectivity index (χ1) is 16.7. The minimum Gasteiger partial charge on any atom is -0.490 e. The molecule has 2 aromatic carbocycles. The minimum absolute atomic E-state index is 0.0397. The van der Waals surface area contributed by atoms with Crippen LogP contribution in [-0.4, -0.2) is 47.5 Å². The van der Waals surface area contributed by atoms with Crippen LogP contribution in [-0.2, 0) is 12.7 Å². The molecule has 2 aliphatic rings. The zero-order valence-electron chi connectivity index (χ0n) is 20.6. The third-order valence-electron chi connectivity index (χ3n) is 7.19. The molecule has 1 amide bonds. The molecule has 0 aromatic heterocycles. The molecule has 2 saturated heterocycles. The van der Waals surface area contributed by atoms with Crippen LogP contribution < -0.4 is 4.74 Å². The molecule has 0 aliphatic carbocycles. The summed E-state index contributed by atoms with van der Waals surface area (Å²) in [7, 11) is 2.12. The number of amides is 1. The van der Waals surface area contributed by atoms with Gasteiger partial charge in [0, 0.05) is 37.0 Å². The number of fused-ring (bicyclic) bond motifs is 2. The number of hydrogen-bond donors (Lipinski definition) is 0. The number of hydrogen-bond acceptors (Lipinski definition) is 3. The SMILES string of the molecule is CCCCCN(C)Cc1ccc(C(=O)N2[C@H]3CC[C@H]2CC(Oc2cccc(C(F)(F)F)c2)C3)cc1. The fourth-order valence-electron chi connectivity index (χ4n) is 5.42. The minimum atomic E-state index is -4.39. The van der Waals surface area contributed by atoms with Crippen LogP contribution in [0.2, 0.25) is 0 Å². The maximum atomic E-state index is 13.3. The van der Waals surface area contributed by atoms with Gasteiger partial charge in [-0.25, -0.2) is 0 Å². The van der Waals surface area contributed by atoms with E-state index in [-0.39, 0.29) is 29.8 Å². The van der Waals surface area contributed by atoms with E-state index in [1.54, 1.807) is 6.07 Å². The molecule has 0 saturated carbocycles. The third-order valence-corrected chi connectivity index (χ3v) is 7.19. The van der Waals surface area contributed by atoms with Crippen molar-refractivity contribution in [3.8, 4) is 5.75 Å². The highest BCUT2D eigenvalue weighted by Gasteiger charge is 2.44. The Morgan fingerprint density at radius 1 is 1.06 bits per heavy atom. The average Bonchev–Trinajstić information content (AvgIpc) is 3.09. The summed E-state index contributed by atoms with van der Waals surface area (Å²) in [5, 5.41) is 0. The lowest BCUT2D eigenvalue weighted by Crippen LogP contribution is -2.49. The number of rotatable bonds is 9. The van der Waals surface area contributed by atoms with E-state index in [2.05, 4.69) is 18.9 Å². The normalized spacial score (nSPS) is 22.0. The zero-order valence-corrected chi connectivity index (χ0v) is 20.6. The van der Waals surface area contributed by atoms with Crippen molar-refractivity contribution in [3.05, 3.63) is 65.2 Å². The van der Waals surface area contributed by atoms with Gasteiger partial charge in [0.15, 0.2) is 0 Å². The number of alkyl halides is 3. The second kappa shape index (κ2) is 11.0. The molecule has 2 aromatic rings. The Labute approximate surface area is 206 Å². The first kappa shape index (κ1) is 25.5. The molecule has 0 spiro atoms. The van der Waals surface area contributed by atoms with E-state index in [0.717, 1.165) is 38.1 Å². The van der Waals surface area contributed by atoms with Gasteiger partial charge in [-0.1, -0.05) is 38.0 Å². The maximum absolute atomic E-state index is 13.3. The molecule has 0 N–H and O–H groups in total. The summed E-state index contributed by atoms with van der Waals surface area (Å²) >= 11 is 0. The van der Waals surface area contributed by atoms with Crippen LogP contribution in [0.5, 0.6) is 5.75 Å². The largest absolute Gasteiger partial charge is 0.490 e. The van der Waals surface area contributed by atoms with Crippen LogP contribution in [0.15, 0.2) is 48.5 Å². The van der Waals surface area contributed by atoms with Gasteiger partial charge in [0.05, 0.1) is 5.56 Å². The first-order valence-electron chi connectivity index (χ1n) is 12.7. The smallest absolute Gasteiger partial charge is 0.416 e. The second-order valence-electron chi connectivity index (χ2n) is 9.98. The van der Waals surface area contributed by atoms with Gasteiger partial charge in [0.1, 0.15) is 11.9 Å². The predicted octanol–water partition coefficient (Wildman–Crippen LogP) is 6.54. The summed E-state index contributed by atoms with van der Waals surface area (Å²) in [6.07, 6.45) is 2.14. The highest BCUT2D eigenvalue weighted by Crippen LogP contribution is 2.39. The lowest BCUT2D eigenvalue weighted by molar-refractivity contribution is -0.137. The fourth-order valence-corrected chi connectivity index (χ4v) is 5.42. The number of piperidine rings is 1. The lowest BCUT2D eigenvalue weighted by Gasteiger charge is -2.39. The van der Waals surface area contributed by atoms with Gasteiger partial charge in [-0.05, 0) is 68.8 Å². The number of unbranched alkanes of at least 4 members (excludes halogenated alkanes) is 2. The number of benzene rings is 2. The van der Waals surface area contributed by atoms with Gasteiger partial charge in [0.2, 0.25) is 0 Å². The standard InChI is InChI=1S/C28H35F3N2O2/c1-3-4-5-15-32(2)19-20-9-11-21(12-10-20)27(34)33-23-13-14-24(33)18-26(17-23)35-25-8-6-7-22(16-25)28(29,30)31/h6-12,16,23-24,26H,3-5,13-15,17-19H2,1-2H3/t23-,24-/m0/s1. The van der Waals surface area contributed by atoms with Gasteiger partial charge in [-0.3, -0.25) is 4.79 Å². The Bertz CT molecular complexity index is 978. The highest BCUT2D eigenvalue weighted by atomic mass is 19.4. The van der Waals surface area contributed by atoms with E-state index >= 15 is 0 Å². The van der Waals surface area contributed by atoms with Crippen molar-refractivity contribution in [1.82, 2.24) is 9.80 Å². The van der Waals surface area contributed by atoms with Gasteiger partial charge in [-0.15, -0.1) is 0 Å². The predicted molar refractivity (Wildman–Crippen MR) is 130 cm³/mol. The van der Waals surface area contributed by atoms with E-state index in [0.29, 0.717) is 18.4 Å². The molecule has 7 heteroatoms. The van der Waals surface area contributed by atoms with Crippen LogP contribution in [0.4, 0.5) is 13.2 Å². The summed E-state index contributed by atoms with van der Waals surface area (Å²) < 4.78 is 45.0. The Hall–Kier alpha value is -2.54. The van der Waals surface area contributed by atoms with E-state index < -0.39 is 11.7 Å². The molecule has 0 radical (unpaired) electrons. The van der Waals surface area contributed by atoms with Crippen LogP contribution in [0.3, 0.4) is 0 Å². The van der Waals surface area contributed by atoms with E-state index in [4.69, 9.17) is 4.74 Å². The fraction of sp³-hybridized carbons (Fsp3) is 0.536. The van der Waals surface area contributed by atoms with Crippen molar-refractivity contribution in [2.75, 3.05) is 13.6 Å². The number of nitrogens with zero attached hydrogens (tertiary/aromatic N) is 2. The van der Waals surface area contributed by atoms with Gasteiger partial charge >= 0.3 is 6.18 Å². The first-order valence-corrected chi connectivity index (χ1v) is 12.7. The topological polar surface area (TPSA) is 32.8 Å². The lowest BCUT2D eigenvalue weighted by atomic mass is 9.98. The molecule has 2 atom stereocenters. The Kier molecular flexibility index (Phi) is 8.05. The summed E-state index contributed by atoms with van der Waals surface area (Å²) in [4.78, 5) is 17.6. The molecule has 2 heterocycles. The Morgan fingerprint density at radius 2 is 1.74 bits per heavy atom. The Balaban J connectivity index is 1.35.